The van der Waals surface area contributed by atoms with Crippen molar-refractivity contribution in [1.82, 2.24) is 10.2 Å². The van der Waals surface area contributed by atoms with Crippen molar-refractivity contribution in [2.45, 2.75) is 38.8 Å². The van der Waals surface area contributed by atoms with E-state index in [1.165, 1.54) is 6.92 Å². The number of nitrogens with one attached hydrogen (secondary N) is 1. The Labute approximate surface area is 153 Å². The maximum Gasteiger partial charge on any atom is 0.253 e. The second-order valence-corrected chi connectivity index (χ2v) is 7.65. The minimum atomic E-state index is -0.0342. The molecule has 4 atom stereocenters. The largest absolute Gasteiger partial charge is 0.379 e. The van der Waals surface area contributed by atoms with Crippen molar-refractivity contribution < 1.29 is 14.3 Å². The number of rotatable bonds is 3. The number of carbonyl (C=O) groups excluding carboxylic acids is 2. The molecule has 5 nitrogen and oxygen atoms in total. The SMILES string of the molecule is CO[C@@H]1C[C@H]2CN(C(=O)c3ccc(Cl)c(C)c3)C[C@H]2C[C@H]1NC(C)=O. The molecule has 0 aromatic heterocycles. The number of ether oxygens (including phenoxy) is 1. The molecule has 1 saturated carbocycles. The van der Waals surface area contributed by atoms with Gasteiger partial charge in [-0.1, -0.05) is 11.6 Å². The Hall–Kier alpha value is -1.59. The number of hydrogen-bond acceptors (Lipinski definition) is 3. The van der Waals surface area contributed by atoms with E-state index in [0.29, 0.717) is 22.4 Å². The van der Waals surface area contributed by atoms with Crippen molar-refractivity contribution in [2.75, 3.05) is 20.2 Å². The van der Waals surface area contributed by atoms with E-state index in [-0.39, 0.29) is 24.0 Å². The van der Waals surface area contributed by atoms with E-state index in [4.69, 9.17) is 16.3 Å². The first-order valence-corrected chi connectivity index (χ1v) is 9.12. The molecule has 6 heteroatoms. The number of aryl methyl sites for hydroxylation is 1. The molecule has 3 rings (SSSR count). The third-order valence-electron chi connectivity index (χ3n) is 5.50. The summed E-state index contributed by atoms with van der Waals surface area (Å²) in [5.41, 5.74) is 1.59. The maximum atomic E-state index is 12.8. The molecule has 0 radical (unpaired) electrons. The lowest BCUT2D eigenvalue weighted by molar-refractivity contribution is -0.121. The fourth-order valence-electron chi connectivity index (χ4n) is 4.21. The van der Waals surface area contributed by atoms with Crippen molar-refractivity contribution in [1.29, 1.82) is 0 Å². The minimum Gasteiger partial charge on any atom is -0.379 e. The molecule has 1 N–H and O–H groups in total. The maximum absolute atomic E-state index is 12.8. The third-order valence-corrected chi connectivity index (χ3v) is 5.92. The highest BCUT2D eigenvalue weighted by Crippen LogP contribution is 2.38. The lowest BCUT2D eigenvalue weighted by Gasteiger charge is -2.37. The van der Waals surface area contributed by atoms with Gasteiger partial charge in [0.2, 0.25) is 5.91 Å². The Kier molecular flexibility index (Phi) is 5.35. The van der Waals surface area contributed by atoms with Gasteiger partial charge >= 0.3 is 0 Å². The summed E-state index contributed by atoms with van der Waals surface area (Å²) in [7, 11) is 1.69. The molecule has 0 spiro atoms. The van der Waals surface area contributed by atoms with Gasteiger partial charge < -0.3 is 15.0 Å². The molecular weight excluding hydrogens is 340 g/mol. The number of hydrogen-bond donors (Lipinski definition) is 1. The zero-order valence-electron chi connectivity index (χ0n) is 14.9. The molecule has 1 heterocycles. The molecule has 2 amide bonds. The Morgan fingerprint density at radius 2 is 1.92 bits per heavy atom. The Bertz CT molecular complexity index is 679. The number of methoxy groups -OCH3 is 1. The summed E-state index contributed by atoms with van der Waals surface area (Å²) in [5.74, 6) is 0.847. The summed E-state index contributed by atoms with van der Waals surface area (Å²) in [6.45, 7) is 4.92. The van der Waals surface area contributed by atoms with Crippen molar-refractivity contribution in [3.8, 4) is 0 Å². The summed E-state index contributed by atoms with van der Waals surface area (Å²) in [4.78, 5) is 26.2. The molecule has 136 valence electrons. The van der Waals surface area contributed by atoms with Gasteiger partial charge in [0, 0.05) is 37.7 Å². The molecular formula is C19H25ClN2O3. The minimum absolute atomic E-state index is 0.0120. The molecule has 1 aliphatic carbocycles. The molecule has 25 heavy (non-hydrogen) atoms. The average Bonchev–Trinajstić information content (AvgIpc) is 2.98. The highest BCUT2D eigenvalue weighted by molar-refractivity contribution is 6.31. The van der Waals surface area contributed by atoms with Crippen LogP contribution in [-0.2, 0) is 9.53 Å². The summed E-state index contributed by atoms with van der Waals surface area (Å²) in [6.07, 6.45) is 1.74. The molecule has 0 bridgehead atoms. The highest BCUT2D eigenvalue weighted by Gasteiger charge is 2.44. The molecule has 1 aromatic rings. The lowest BCUT2D eigenvalue weighted by atomic mass is 9.77. The standard InChI is InChI=1S/C19H25ClN2O3/c1-11-6-13(4-5-16(11)20)19(24)22-9-14-7-17(21-12(2)23)18(25-3)8-15(14)10-22/h4-6,14-15,17-18H,7-10H2,1-3H3,(H,21,23)/t14-,15+,17-,18-/m1/s1. The summed E-state index contributed by atoms with van der Waals surface area (Å²) < 4.78 is 5.59. The summed E-state index contributed by atoms with van der Waals surface area (Å²) in [5, 5.41) is 3.68. The van der Waals surface area contributed by atoms with E-state index in [9.17, 15) is 9.59 Å². The van der Waals surface area contributed by atoms with E-state index >= 15 is 0 Å². The molecule has 0 unspecified atom stereocenters. The highest BCUT2D eigenvalue weighted by atomic mass is 35.5. The van der Waals surface area contributed by atoms with Gasteiger partial charge in [0.25, 0.3) is 5.91 Å². The zero-order chi connectivity index (χ0) is 18.1. The molecule has 1 saturated heterocycles. The lowest BCUT2D eigenvalue weighted by Crippen LogP contribution is -2.49. The first-order valence-electron chi connectivity index (χ1n) is 8.74. The van der Waals surface area contributed by atoms with Crippen molar-refractivity contribution in [3.63, 3.8) is 0 Å². The monoisotopic (exact) mass is 364 g/mol. The van der Waals surface area contributed by atoms with E-state index in [1.807, 2.05) is 17.9 Å². The quantitative estimate of drug-likeness (QED) is 0.897. The number of likely N-dealkylation sites (tertiary alicyclic amines) is 1. The number of benzene rings is 1. The van der Waals surface area contributed by atoms with Crippen LogP contribution in [0.25, 0.3) is 0 Å². The number of carbonyl (C=O) groups is 2. The van der Waals surface area contributed by atoms with Crippen LogP contribution in [0.2, 0.25) is 5.02 Å². The van der Waals surface area contributed by atoms with Crippen LogP contribution in [0.3, 0.4) is 0 Å². The predicted molar refractivity (Wildman–Crippen MR) is 96.7 cm³/mol. The number of amides is 2. The van der Waals surface area contributed by atoms with Gasteiger partial charge in [0.1, 0.15) is 0 Å². The van der Waals surface area contributed by atoms with Gasteiger partial charge in [-0.2, -0.15) is 0 Å². The van der Waals surface area contributed by atoms with Crippen LogP contribution >= 0.6 is 11.6 Å². The van der Waals surface area contributed by atoms with Crippen LogP contribution in [0.1, 0.15) is 35.7 Å². The van der Waals surface area contributed by atoms with Crippen LogP contribution in [0, 0.1) is 18.8 Å². The van der Waals surface area contributed by atoms with Crippen LogP contribution in [0.4, 0.5) is 0 Å². The van der Waals surface area contributed by atoms with Gasteiger partial charge in [0.05, 0.1) is 12.1 Å². The fraction of sp³-hybridized carbons (Fsp3) is 0.579. The molecule has 2 aliphatic rings. The van der Waals surface area contributed by atoms with Gasteiger partial charge in [-0.3, -0.25) is 9.59 Å². The van der Waals surface area contributed by atoms with E-state index < -0.39 is 0 Å². The summed E-state index contributed by atoms with van der Waals surface area (Å²) in [6, 6.07) is 5.44. The van der Waals surface area contributed by atoms with Gasteiger partial charge in [-0.25, -0.2) is 0 Å². The van der Waals surface area contributed by atoms with E-state index in [0.717, 1.165) is 31.5 Å². The average molecular weight is 365 g/mol. The normalized spacial score (nSPS) is 28.6. The van der Waals surface area contributed by atoms with Crippen molar-refractivity contribution >= 4 is 23.4 Å². The second kappa shape index (κ2) is 7.34. The van der Waals surface area contributed by atoms with Crippen LogP contribution in [-0.4, -0.2) is 49.1 Å². The van der Waals surface area contributed by atoms with Crippen LogP contribution in [0.5, 0.6) is 0 Å². The topological polar surface area (TPSA) is 58.6 Å². The van der Waals surface area contributed by atoms with Gasteiger partial charge in [-0.15, -0.1) is 0 Å². The first kappa shape index (κ1) is 18.2. The fourth-order valence-corrected chi connectivity index (χ4v) is 4.33. The second-order valence-electron chi connectivity index (χ2n) is 7.25. The van der Waals surface area contributed by atoms with Crippen LogP contribution < -0.4 is 5.32 Å². The smallest absolute Gasteiger partial charge is 0.253 e. The van der Waals surface area contributed by atoms with Crippen molar-refractivity contribution in [3.05, 3.63) is 34.3 Å². The van der Waals surface area contributed by atoms with Gasteiger partial charge in [0.15, 0.2) is 0 Å². The predicted octanol–water partition coefficient (Wildman–Crippen LogP) is 2.65. The summed E-state index contributed by atoms with van der Waals surface area (Å²) >= 11 is 6.06. The Morgan fingerprint density at radius 1 is 1.24 bits per heavy atom. The Morgan fingerprint density at radius 3 is 2.52 bits per heavy atom. The number of nitrogens with zero attached hydrogens (tertiary/aromatic N) is 1. The first-order chi connectivity index (χ1) is 11.9. The number of halogens is 1. The van der Waals surface area contributed by atoms with E-state index in [1.54, 1.807) is 19.2 Å². The molecule has 1 aromatic carbocycles. The zero-order valence-corrected chi connectivity index (χ0v) is 15.7. The molecule has 2 fully saturated rings. The van der Waals surface area contributed by atoms with Gasteiger partial charge in [-0.05, 0) is 55.4 Å². The van der Waals surface area contributed by atoms with Crippen LogP contribution in [0.15, 0.2) is 18.2 Å². The number of fused-ring (bicyclic) bond motifs is 1. The molecule has 1 aliphatic heterocycles. The Balaban J connectivity index is 1.70. The van der Waals surface area contributed by atoms with Crippen molar-refractivity contribution in [2.24, 2.45) is 11.8 Å². The van der Waals surface area contributed by atoms with E-state index in [2.05, 4.69) is 5.32 Å². The third kappa shape index (κ3) is 3.82.